The van der Waals surface area contributed by atoms with E-state index in [0.29, 0.717) is 0 Å². The Morgan fingerprint density at radius 2 is 1.75 bits per heavy atom. The van der Waals surface area contributed by atoms with Crippen molar-refractivity contribution in [3.8, 4) is 0 Å². The van der Waals surface area contributed by atoms with Crippen LogP contribution in [0, 0.1) is 0 Å². The molecule has 0 saturated heterocycles. The Morgan fingerprint density at radius 3 is 1.75 bits per heavy atom. The van der Waals surface area contributed by atoms with Gasteiger partial charge in [-0.25, -0.2) is 0 Å². The fourth-order valence-electron chi connectivity index (χ4n) is 0. The molecule has 2 heteroatoms. The summed E-state index contributed by atoms with van der Waals surface area (Å²) >= 11 is 0. The zero-order valence-corrected chi connectivity index (χ0v) is 1.91. The molecule has 4 heavy (non-hydrogen) atoms. The van der Waals surface area contributed by atoms with Crippen molar-refractivity contribution in [2.75, 3.05) is 0 Å². The molecule has 0 aromatic rings. The summed E-state index contributed by atoms with van der Waals surface area (Å²) in [7, 11) is 0. The van der Waals surface area contributed by atoms with Crippen molar-refractivity contribution in [3.63, 3.8) is 0 Å². The Hall–Kier alpha value is 0.306. The fourth-order valence-corrected chi connectivity index (χ4v) is 0. The quantitative estimate of drug-likeness (QED) is 0.368. The molecule has 0 spiro atoms. The third-order valence-electron chi connectivity index (χ3n) is 0. The van der Waals surface area contributed by atoms with E-state index < -0.39 is 0 Å². The molecule has 0 rings (SSSR count). The minimum atomic E-state index is 0. The average molecular weight is 116 g/mol. The van der Waals surface area contributed by atoms with Gasteiger partial charge in [-0.05, 0) is 0 Å². The van der Waals surface area contributed by atoms with Crippen molar-refractivity contribution in [2.24, 2.45) is 0 Å². The van der Waals surface area contributed by atoms with Gasteiger partial charge in [-0.3, -0.25) is 4.79 Å². The van der Waals surface area contributed by atoms with Gasteiger partial charge >= 0.3 is 19.8 Å². The van der Waals surface area contributed by atoms with E-state index in [2.05, 4.69) is 0 Å². The van der Waals surface area contributed by atoms with Crippen molar-refractivity contribution >= 4 is 26.1 Å². The molecule has 0 bridgehead atoms. The maximum atomic E-state index is 8.68. The predicted molar refractivity (Wildman–Crippen MR) is 21.3 cm³/mol. The van der Waals surface area contributed by atoms with Gasteiger partial charge < -0.3 is 0 Å². The molecule has 1 radical (unpaired) electrons. The molecular formula is C2H6GaO. The monoisotopic (exact) mass is 115 g/mol. The van der Waals surface area contributed by atoms with Gasteiger partial charge in [0.2, 0.25) is 0 Å². The Balaban J connectivity index is 0. The van der Waals surface area contributed by atoms with Crippen LogP contribution in [0.5, 0.6) is 0 Å². The minimum absolute atomic E-state index is 0. The van der Waals surface area contributed by atoms with Gasteiger partial charge in [0.15, 0.2) is 6.29 Å². The summed E-state index contributed by atoms with van der Waals surface area (Å²) in [6.07, 6.45) is 1.50. The first-order valence-electron chi connectivity index (χ1n) is 0.704. The predicted octanol–water partition coefficient (Wildman–Crippen LogP) is -1.07. The molecule has 0 aliphatic carbocycles. The molecule has 0 saturated carbocycles. The summed E-state index contributed by atoms with van der Waals surface area (Å²) < 4.78 is 0. The summed E-state index contributed by atoms with van der Waals surface area (Å²) in [4.78, 5) is 8.68. The zero-order chi connectivity index (χ0) is 2.71. The van der Waals surface area contributed by atoms with Gasteiger partial charge in [-0.1, -0.05) is 0 Å². The van der Waals surface area contributed by atoms with Gasteiger partial charge in [0.05, 0.1) is 0 Å². The Labute approximate surface area is 38.4 Å². The van der Waals surface area contributed by atoms with E-state index in [0.717, 1.165) is 0 Å². The van der Waals surface area contributed by atoms with E-state index in [1.165, 1.54) is 13.2 Å². The standard InChI is InChI=1S/C2H3O.Ga.3H/c1-2-3;;;;/h1H3;;;;. The molecular weight excluding hydrogens is 110 g/mol. The Kier molecular flexibility index (Phi) is 22.8. The third kappa shape index (κ3) is 41.9. The molecule has 0 fully saturated rings. The second kappa shape index (κ2) is 10.3. The average Bonchev–Trinajstić information content (AvgIpc) is 0.918. The fraction of sp³-hybridized carbons (Fsp3) is 0.500. The van der Waals surface area contributed by atoms with E-state index in [9.17, 15) is 0 Å². The summed E-state index contributed by atoms with van der Waals surface area (Å²) in [5.41, 5.74) is 0. The van der Waals surface area contributed by atoms with E-state index in [1.807, 2.05) is 0 Å². The molecule has 0 aromatic heterocycles. The molecule has 0 heterocycles. The van der Waals surface area contributed by atoms with Crippen molar-refractivity contribution in [2.45, 2.75) is 6.92 Å². The van der Waals surface area contributed by atoms with Gasteiger partial charge in [0, 0.05) is 6.92 Å². The molecule has 0 aliphatic rings. The van der Waals surface area contributed by atoms with Crippen LogP contribution in [0.15, 0.2) is 0 Å². The van der Waals surface area contributed by atoms with Crippen LogP contribution >= 0.6 is 0 Å². The third-order valence-corrected chi connectivity index (χ3v) is 0. The number of rotatable bonds is 0. The molecule has 0 aliphatic heterocycles. The van der Waals surface area contributed by atoms with Gasteiger partial charge in [-0.15, -0.1) is 0 Å². The van der Waals surface area contributed by atoms with Crippen LogP contribution in [0.4, 0.5) is 0 Å². The molecule has 0 amide bonds. The number of hydrogen-bond donors (Lipinski definition) is 0. The van der Waals surface area contributed by atoms with Crippen molar-refractivity contribution in [1.82, 2.24) is 0 Å². The Bertz CT molecular complexity index is 13.5. The van der Waals surface area contributed by atoms with E-state index >= 15 is 0 Å². The first-order chi connectivity index (χ1) is 1.41. The second-order valence-electron chi connectivity index (χ2n) is 0.204. The maximum absolute atomic E-state index is 8.68. The molecule has 0 N–H and O–H groups in total. The molecule has 1 nitrogen and oxygen atoms in total. The van der Waals surface area contributed by atoms with E-state index in [1.54, 1.807) is 0 Å². The summed E-state index contributed by atoms with van der Waals surface area (Å²) in [5.74, 6) is 0. The van der Waals surface area contributed by atoms with E-state index in [4.69, 9.17) is 4.79 Å². The Morgan fingerprint density at radius 1 is 1.75 bits per heavy atom. The first kappa shape index (κ1) is 8.85. The van der Waals surface area contributed by atoms with Crippen LogP contribution in [-0.2, 0) is 4.79 Å². The van der Waals surface area contributed by atoms with Crippen LogP contribution < -0.4 is 0 Å². The molecule has 0 atom stereocenters. The molecule has 0 unspecified atom stereocenters. The zero-order valence-electron chi connectivity index (χ0n) is 1.91. The summed E-state index contributed by atoms with van der Waals surface area (Å²) in [6, 6.07) is 0. The van der Waals surface area contributed by atoms with Crippen LogP contribution in [0.1, 0.15) is 6.92 Å². The van der Waals surface area contributed by atoms with Crippen LogP contribution in [0.25, 0.3) is 0 Å². The summed E-state index contributed by atoms with van der Waals surface area (Å²) in [6.45, 7) is 1.32. The van der Waals surface area contributed by atoms with Crippen molar-refractivity contribution in [1.29, 1.82) is 0 Å². The van der Waals surface area contributed by atoms with Gasteiger partial charge in [0.1, 0.15) is 0 Å². The molecule has 0 aromatic carbocycles. The second-order valence-corrected chi connectivity index (χ2v) is 0.204. The normalized spacial score (nSPS) is 3.25. The van der Waals surface area contributed by atoms with Crippen molar-refractivity contribution in [3.05, 3.63) is 0 Å². The summed E-state index contributed by atoms with van der Waals surface area (Å²) in [5, 5.41) is 0. The van der Waals surface area contributed by atoms with Crippen molar-refractivity contribution < 1.29 is 4.79 Å². The topological polar surface area (TPSA) is 17.1 Å². The van der Waals surface area contributed by atoms with Crippen LogP contribution in [0.3, 0.4) is 0 Å². The van der Waals surface area contributed by atoms with Crippen LogP contribution in [-0.4, -0.2) is 26.1 Å². The SMILES string of the molecule is C[C]=O.[GaH3]. The van der Waals surface area contributed by atoms with E-state index in [-0.39, 0.29) is 19.8 Å². The molecule has 23 valence electrons. The first-order valence-corrected chi connectivity index (χ1v) is 0.704. The number of hydrogen-bond acceptors (Lipinski definition) is 1. The van der Waals surface area contributed by atoms with Crippen LogP contribution in [0.2, 0.25) is 0 Å². The number of carbonyl (C=O) groups excluding carboxylic acids is 1. The van der Waals surface area contributed by atoms with Gasteiger partial charge in [-0.2, -0.15) is 0 Å². The van der Waals surface area contributed by atoms with Gasteiger partial charge in [0.25, 0.3) is 0 Å².